The second-order valence-corrected chi connectivity index (χ2v) is 6.79. The van der Waals surface area contributed by atoms with Crippen LogP contribution in [0.25, 0.3) is 0 Å². The summed E-state index contributed by atoms with van der Waals surface area (Å²) >= 11 is 0. The molecule has 164 valence electrons. The maximum Gasteiger partial charge on any atom is 0.422 e. The maximum absolute atomic E-state index is 12.7. The van der Waals surface area contributed by atoms with Gasteiger partial charge in [0.1, 0.15) is 0 Å². The molecule has 0 fully saturated rings. The van der Waals surface area contributed by atoms with E-state index in [-0.39, 0.29) is 11.9 Å². The van der Waals surface area contributed by atoms with Crippen molar-refractivity contribution in [3.8, 4) is 6.01 Å². The number of rotatable bonds is 10. The smallest absolute Gasteiger partial charge is 0.422 e. The van der Waals surface area contributed by atoms with E-state index in [0.717, 1.165) is 30.6 Å². The minimum Gasteiger partial charge on any atom is -0.454 e. The van der Waals surface area contributed by atoms with Gasteiger partial charge in [-0.05, 0) is 30.7 Å². The van der Waals surface area contributed by atoms with Gasteiger partial charge in [-0.3, -0.25) is 4.90 Å². The number of benzene rings is 2. The average Bonchev–Trinajstić information content (AvgIpc) is 2.77. The number of anilines is 4. The summed E-state index contributed by atoms with van der Waals surface area (Å²) in [6, 6.07) is 18.2. The topological polar surface area (TPSA) is 63.2 Å². The minimum atomic E-state index is -4.50. The zero-order valence-corrected chi connectivity index (χ0v) is 17.1. The summed E-state index contributed by atoms with van der Waals surface area (Å²) in [4.78, 5) is 14.4. The highest BCUT2D eigenvalue weighted by Crippen LogP contribution is 2.33. The van der Waals surface area contributed by atoms with Crippen molar-refractivity contribution in [2.24, 2.45) is 0 Å². The van der Waals surface area contributed by atoms with Gasteiger partial charge in [-0.1, -0.05) is 56.2 Å². The van der Waals surface area contributed by atoms with Crippen molar-refractivity contribution < 1.29 is 17.9 Å². The summed E-state index contributed by atoms with van der Waals surface area (Å²) in [6.45, 7) is 1.19. The standard InChI is InChI=1S/C22H24F3N5O/c1-2-3-10-15-26-19-27-20(29-21(28-19)31-16-22(23,24)25)30(17-11-6-4-7-12-17)18-13-8-5-9-14-18/h4-9,11-14H,2-3,10,15-16H2,1H3,(H,26,27,28,29). The van der Waals surface area contributed by atoms with E-state index >= 15 is 0 Å². The van der Waals surface area contributed by atoms with Gasteiger partial charge in [0.15, 0.2) is 6.61 Å². The van der Waals surface area contributed by atoms with Crippen LogP contribution >= 0.6 is 0 Å². The summed E-state index contributed by atoms with van der Waals surface area (Å²) < 4.78 is 42.9. The molecule has 0 aliphatic heterocycles. The third kappa shape index (κ3) is 6.84. The lowest BCUT2D eigenvalue weighted by molar-refractivity contribution is -0.154. The Labute approximate surface area is 179 Å². The van der Waals surface area contributed by atoms with E-state index in [1.807, 2.05) is 60.7 Å². The predicted molar refractivity (Wildman–Crippen MR) is 114 cm³/mol. The van der Waals surface area contributed by atoms with Crippen LogP contribution in [0.15, 0.2) is 60.7 Å². The quantitative estimate of drug-likeness (QED) is 0.404. The van der Waals surface area contributed by atoms with Crippen LogP contribution in [-0.4, -0.2) is 34.3 Å². The van der Waals surface area contributed by atoms with E-state index in [2.05, 4.69) is 27.2 Å². The number of unbranched alkanes of at least 4 members (excludes halogenated alkanes) is 2. The van der Waals surface area contributed by atoms with Crippen LogP contribution in [0.4, 0.5) is 36.4 Å². The van der Waals surface area contributed by atoms with Crippen molar-refractivity contribution in [3.63, 3.8) is 0 Å². The molecule has 1 N–H and O–H groups in total. The van der Waals surface area contributed by atoms with Gasteiger partial charge in [0, 0.05) is 17.9 Å². The summed E-state index contributed by atoms with van der Waals surface area (Å²) in [6.07, 6.45) is -1.56. The van der Waals surface area contributed by atoms with Crippen molar-refractivity contribution in [1.29, 1.82) is 0 Å². The molecule has 0 radical (unpaired) electrons. The van der Waals surface area contributed by atoms with Gasteiger partial charge in [-0.15, -0.1) is 0 Å². The Bertz CT molecular complexity index is 899. The Morgan fingerprint density at radius 3 is 2.03 bits per heavy atom. The number of hydrogen-bond acceptors (Lipinski definition) is 6. The average molecular weight is 431 g/mol. The molecular weight excluding hydrogens is 407 g/mol. The molecule has 0 atom stereocenters. The van der Waals surface area contributed by atoms with Gasteiger partial charge in [-0.2, -0.15) is 28.1 Å². The molecule has 3 aromatic rings. The largest absolute Gasteiger partial charge is 0.454 e. The van der Waals surface area contributed by atoms with E-state index in [4.69, 9.17) is 4.74 Å². The number of para-hydroxylation sites is 2. The minimum absolute atomic E-state index is 0.155. The van der Waals surface area contributed by atoms with E-state index in [9.17, 15) is 13.2 Å². The number of hydrogen-bond donors (Lipinski definition) is 1. The molecule has 6 nitrogen and oxygen atoms in total. The molecule has 2 aromatic carbocycles. The Hall–Kier alpha value is -3.36. The van der Waals surface area contributed by atoms with E-state index in [1.54, 1.807) is 4.90 Å². The lowest BCUT2D eigenvalue weighted by Gasteiger charge is -2.23. The fourth-order valence-electron chi connectivity index (χ4n) is 2.85. The van der Waals surface area contributed by atoms with Crippen molar-refractivity contribution in [2.75, 3.05) is 23.4 Å². The Morgan fingerprint density at radius 1 is 0.871 bits per heavy atom. The Kier molecular flexibility index (Phi) is 7.64. The zero-order valence-electron chi connectivity index (χ0n) is 17.1. The van der Waals surface area contributed by atoms with Gasteiger partial charge in [0.05, 0.1) is 0 Å². The van der Waals surface area contributed by atoms with Crippen LogP contribution in [0.1, 0.15) is 26.2 Å². The van der Waals surface area contributed by atoms with Crippen molar-refractivity contribution in [2.45, 2.75) is 32.4 Å². The first-order chi connectivity index (χ1) is 15.0. The highest BCUT2D eigenvalue weighted by atomic mass is 19.4. The number of nitrogens with one attached hydrogen (secondary N) is 1. The lowest BCUT2D eigenvalue weighted by atomic mass is 10.2. The SMILES string of the molecule is CCCCCNc1nc(OCC(F)(F)F)nc(N(c2ccccc2)c2ccccc2)n1. The second kappa shape index (κ2) is 10.6. The van der Waals surface area contributed by atoms with E-state index < -0.39 is 18.8 Å². The van der Waals surface area contributed by atoms with E-state index in [0.29, 0.717) is 6.54 Å². The molecule has 1 aromatic heterocycles. The van der Waals surface area contributed by atoms with Crippen LogP contribution in [-0.2, 0) is 0 Å². The highest BCUT2D eigenvalue weighted by molar-refractivity contribution is 5.72. The van der Waals surface area contributed by atoms with Crippen LogP contribution < -0.4 is 15.0 Å². The van der Waals surface area contributed by atoms with Crippen molar-refractivity contribution in [3.05, 3.63) is 60.7 Å². The number of halogens is 3. The fourth-order valence-corrected chi connectivity index (χ4v) is 2.85. The summed E-state index contributed by atoms with van der Waals surface area (Å²) in [5, 5.41) is 3.07. The molecule has 0 aliphatic carbocycles. The Morgan fingerprint density at radius 2 is 1.48 bits per heavy atom. The van der Waals surface area contributed by atoms with Crippen LogP contribution in [0, 0.1) is 0 Å². The third-order valence-corrected chi connectivity index (χ3v) is 4.26. The van der Waals surface area contributed by atoms with Crippen molar-refractivity contribution >= 4 is 23.3 Å². The fraction of sp³-hybridized carbons (Fsp3) is 0.318. The van der Waals surface area contributed by atoms with Gasteiger partial charge >= 0.3 is 12.2 Å². The summed E-state index contributed by atoms with van der Waals surface area (Å²) in [5.41, 5.74) is 1.50. The van der Waals surface area contributed by atoms with E-state index in [1.165, 1.54) is 0 Å². The molecule has 31 heavy (non-hydrogen) atoms. The summed E-state index contributed by atoms with van der Waals surface area (Å²) in [5.74, 6) is 0.317. The molecule has 0 unspecified atom stereocenters. The molecule has 0 amide bonds. The second-order valence-electron chi connectivity index (χ2n) is 6.79. The number of ether oxygens (including phenoxy) is 1. The molecule has 3 rings (SSSR count). The highest BCUT2D eigenvalue weighted by Gasteiger charge is 2.29. The molecule has 0 saturated heterocycles. The molecule has 0 aliphatic rings. The lowest BCUT2D eigenvalue weighted by Crippen LogP contribution is -2.22. The number of aromatic nitrogens is 3. The first-order valence-electron chi connectivity index (χ1n) is 10.1. The number of alkyl halides is 3. The number of nitrogens with zero attached hydrogens (tertiary/aromatic N) is 4. The third-order valence-electron chi connectivity index (χ3n) is 4.26. The Balaban J connectivity index is 1.99. The first kappa shape index (κ1) is 22.3. The summed E-state index contributed by atoms with van der Waals surface area (Å²) in [7, 11) is 0. The van der Waals surface area contributed by atoms with Crippen LogP contribution in [0.3, 0.4) is 0 Å². The first-order valence-corrected chi connectivity index (χ1v) is 10.1. The van der Waals surface area contributed by atoms with Crippen LogP contribution in [0.2, 0.25) is 0 Å². The molecule has 0 spiro atoms. The molecule has 9 heteroatoms. The molecule has 1 heterocycles. The molecule has 0 saturated carbocycles. The van der Waals surface area contributed by atoms with Crippen LogP contribution in [0.5, 0.6) is 6.01 Å². The monoisotopic (exact) mass is 431 g/mol. The normalized spacial score (nSPS) is 11.2. The van der Waals surface area contributed by atoms with Crippen molar-refractivity contribution in [1.82, 2.24) is 15.0 Å². The van der Waals surface area contributed by atoms with Gasteiger partial charge < -0.3 is 10.1 Å². The molecule has 0 bridgehead atoms. The van der Waals surface area contributed by atoms with Gasteiger partial charge in [0.25, 0.3) is 0 Å². The maximum atomic E-state index is 12.7. The predicted octanol–water partition coefficient (Wildman–Crippen LogP) is 5.88. The zero-order chi connectivity index (χ0) is 22.1. The van der Waals surface area contributed by atoms with Gasteiger partial charge in [0.2, 0.25) is 11.9 Å². The molecular formula is C22H24F3N5O. The van der Waals surface area contributed by atoms with Gasteiger partial charge in [-0.25, -0.2) is 0 Å².